The van der Waals surface area contributed by atoms with Crippen LogP contribution in [-0.2, 0) is 16.4 Å². The molecule has 2 aliphatic rings. The van der Waals surface area contributed by atoms with Gasteiger partial charge in [0, 0.05) is 25.3 Å². The van der Waals surface area contributed by atoms with Gasteiger partial charge in [-0.2, -0.15) is 4.31 Å². The summed E-state index contributed by atoms with van der Waals surface area (Å²) in [4.78, 5) is 0.336. The lowest BCUT2D eigenvalue weighted by molar-refractivity contribution is 0.00940. The zero-order valence-corrected chi connectivity index (χ0v) is 13.1. The minimum absolute atomic E-state index is 0.171. The Morgan fingerprint density at radius 2 is 2.14 bits per heavy atom. The largest absolute Gasteiger partial charge is 0.389 e. The number of anilines is 1. The van der Waals surface area contributed by atoms with Gasteiger partial charge in [0.1, 0.15) is 0 Å². The normalized spacial score (nSPS) is 27.0. The van der Waals surface area contributed by atoms with E-state index in [1.54, 1.807) is 19.1 Å². The Hall–Kier alpha value is -1.11. The quantitative estimate of drug-likeness (QED) is 0.870. The number of benzene rings is 1. The number of sulfonamides is 1. The van der Waals surface area contributed by atoms with Gasteiger partial charge in [0.05, 0.1) is 10.5 Å². The molecule has 0 radical (unpaired) electrons. The van der Waals surface area contributed by atoms with Crippen molar-refractivity contribution < 1.29 is 13.5 Å². The summed E-state index contributed by atoms with van der Waals surface area (Å²) in [5, 5.41) is 13.4. The van der Waals surface area contributed by atoms with Crippen molar-refractivity contribution >= 4 is 15.7 Å². The van der Waals surface area contributed by atoms with E-state index >= 15 is 0 Å². The molecule has 1 fully saturated rings. The topological polar surface area (TPSA) is 69.6 Å². The summed E-state index contributed by atoms with van der Waals surface area (Å²) in [5.74, 6) is 0. The molecule has 116 valence electrons. The van der Waals surface area contributed by atoms with Crippen LogP contribution in [0.4, 0.5) is 5.69 Å². The molecule has 0 amide bonds. The molecular weight excluding hydrogens is 288 g/mol. The number of rotatable bonds is 2. The summed E-state index contributed by atoms with van der Waals surface area (Å²) in [7, 11) is -3.52. The molecule has 0 aromatic heterocycles. The fourth-order valence-corrected chi connectivity index (χ4v) is 4.79. The Balaban J connectivity index is 1.91. The number of hydrogen-bond acceptors (Lipinski definition) is 4. The van der Waals surface area contributed by atoms with Gasteiger partial charge < -0.3 is 10.4 Å². The maximum Gasteiger partial charge on any atom is 0.243 e. The molecule has 1 aromatic carbocycles. The highest BCUT2D eigenvalue weighted by molar-refractivity contribution is 7.89. The molecule has 6 heteroatoms. The third kappa shape index (κ3) is 2.93. The Bertz CT molecular complexity index is 640. The zero-order chi connectivity index (χ0) is 15.1. The first kappa shape index (κ1) is 14.8. The van der Waals surface area contributed by atoms with Gasteiger partial charge >= 0.3 is 0 Å². The van der Waals surface area contributed by atoms with Gasteiger partial charge in [-0.05, 0) is 56.4 Å². The molecule has 0 spiro atoms. The van der Waals surface area contributed by atoms with Crippen molar-refractivity contribution in [3.05, 3.63) is 23.8 Å². The number of aryl methyl sites for hydroxylation is 1. The second-order valence-corrected chi connectivity index (χ2v) is 8.23. The number of nitrogens with one attached hydrogen (secondary N) is 1. The average Bonchev–Trinajstić information content (AvgIpc) is 2.45. The molecule has 0 bridgehead atoms. The maximum atomic E-state index is 12.8. The summed E-state index contributed by atoms with van der Waals surface area (Å²) >= 11 is 0. The highest BCUT2D eigenvalue weighted by Gasteiger charge is 2.35. The van der Waals surface area contributed by atoms with Gasteiger partial charge in [0.15, 0.2) is 0 Å². The molecule has 0 aliphatic carbocycles. The highest BCUT2D eigenvalue weighted by Crippen LogP contribution is 2.29. The first-order valence-corrected chi connectivity index (χ1v) is 8.92. The van der Waals surface area contributed by atoms with Crippen molar-refractivity contribution in [1.82, 2.24) is 4.31 Å². The van der Waals surface area contributed by atoms with Crippen molar-refractivity contribution in [3.63, 3.8) is 0 Å². The van der Waals surface area contributed by atoms with Gasteiger partial charge in [-0.1, -0.05) is 0 Å². The molecule has 1 atom stereocenters. The fourth-order valence-electron chi connectivity index (χ4n) is 3.14. The Morgan fingerprint density at radius 1 is 1.33 bits per heavy atom. The van der Waals surface area contributed by atoms with E-state index in [2.05, 4.69) is 5.32 Å². The SMILES string of the molecule is CC1(O)CCCN(S(=O)(=O)c2ccc3c(c2)CCCN3)C1. The van der Waals surface area contributed by atoms with E-state index in [1.165, 1.54) is 4.31 Å². The van der Waals surface area contributed by atoms with E-state index in [4.69, 9.17) is 0 Å². The van der Waals surface area contributed by atoms with Crippen LogP contribution in [0, 0.1) is 0 Å². The fraction of sp³-hybridized carbons (Fsp3) is 0.600. The Labute approximate surface area is 126 Å². The molecule has 1 aromatic rings. The van der Waals surface area contributed by atoms with Crippen LogP contribution in [0.5, 0.6) is 0 Å². The minimum Gasteiger partial charge on any atom is -0.389 e. The van der Waals surface area contributed by atoms with E-state index in [9.17, 15) is 13.5 Å². The summed E-state index contributed by atoms with van der Waals surface area (Å²) in [6.45, 7) is 3.29. The lowest BCUT2D eigenvalue weighted by atomic mass is 9.97. The monoisotopic (exact) mass is 310 g/mol. The third-order valence-electron chi connectivity index (χ3n) is 4.29. The lowest BCUT2D eigenvalue weighted by Crippen LogP contribution is -2.48. The molecule has 2 N–H and O–H groups in total. The van der Waals surface area contributed by atoms with Crippen molar-refractivity contribution in [3.8, 4) is 0 Å². The molecule has 3 rings (SSSR count). The van der Waals surface area contributed by atoms with E-state index in [1.807, 2.05) is 6.07 Å². The van der Waals surface area contributed by atoms with Crippen molar-refractivity contribution in [1.29, 1.82) is 0 Å². The van der Waals surface area contributed by atoms with Crippen LogP contribution in [0.25, 0.3) is 0 Å². The standard InChI is InChI=1S/C15H22N2O3S/c1-15(18)7-3-9-17(11-15)21(19,20)13-5-6-14-12(10-13)4-2-8-16-14/h5-6,10,16,18H,2-4,7-9,11H2,1H3. The predicted molar refractivity (Wildman–Crippen MR) is 81.9 cm³/mol. The van der Waals surface area contributed by atoms with Gasteiger partial charge in [-0.3, -0.25) is 0 Å². The second-order valence-electron chi connectivity index (χ2n) is 6.29. The lowest BCUT2D eigenvalue weighted by Gasteiger charge is -2.36. The first-order chi connectivity index (χ1) is 9.88. The number of aliphatic hydroxyl groups is 1. The van der Waals surface area contributed by atoms with Crippen LogP contribution in [-0.4, -0.2) is 43.1 Å². The Morgan fingerprint density at radius 3 is 2.90 bits per heavy atom. The molecule has 1 unspecified atom stereocenters. The number of piperidine rings is 1. The molecule has 21 heavy (non-hydrogen) atoms. The second kappa shape index (κ2) is 5.26. The third-order valence-corrected chi connectivity index (χ3v) is 6.13. The molecular formula is C15H22N2O3S. The van der Waals surface area contributed by atoms with Crippen LogP contribution < -0.4 is 5.32 Å². The van der Waals surface area contributed by atoms with Crippen molar-refractivity contribution in [2.75, 3.05) is 25.0 Å². The molecule has 1 saturated heterocycles. The zero-order valence-electron chi connectivity index (χ0n) is 12.3. The Kier molecular flexibility index (Phi) is 3.71. The van der Waals surface area contributed by atoms with Gasteiger partial charge in [0.25, 0.3) is 0 Å². The summed E-state index contributed by atoms with van der Waals surface area (Å²) in [6, 6.07) is 5.29. The first-order valence-electron chi connectivity index (χ1n) is 7.48. The van der Waals surface area contributed by atoms with E-state index < -0.39 is 15.6 Å². The number of nitrogens with zero attached hydrogens (tertiary/aromatic N) is 1. The number of fused-ring (bicyclic) bond motifs is 1. The maximum absolute atomic E-state index is 12.8. The summed E-state index contributed by atoms with van der Waals surface area (Å²) < 4.78 is 26.9. The molecule has 2 heterocycles. The molecule has 5 nitrogen and oxygen atoms in total. The smallest absolute Gasteiger partial charge is 0.243 e. The molecule has 0 saturated carbocycles. The van der Waals surface area contributed by atoms with E-state index in [-0.39, 0.29) is 6.54 Å². The number of β-amino-alcohol motifs (C(OH)–C–C–N with tert-alkyl or cyclic N) is 1. The van der Waals surface area contributed by atoms with Crippen molar-refractivity contribution in [2.24, 2.45) is 0 Å². The van der Waals surface area contributed by atoms with Crippen LogP contribution in [0.3, 0.4) is 0 Å². The van der Waals surface area contributed by atoms with Crippen LogP contribution in [0.2, 0.25) is 0 Å². The predicted octanol–water partition coefficient (Wildman–Crippen LogP) is 1.58. The highest BCUT2D eigenvalue weighted by atomic mass is 32.2. The van der Waals surface area contributed by atoms with Crippen LogP contribution in [0.1, 0.15) is 31.7 Å². The minimum atomic E-state index is -3.52. The van der Waals surface area contributed by atoms with E-state index in [0.717, 1.165) is 30.6 Å². The number of hydrogen-bond donors (Lipinski definition) is 2. The summed E-state index contributed by atoms with van der Waals surface area (Å²) in [6.07, 6.45) is 3.27. The van der Waals surface area contributed by atoms with E-state index in [0.29, 0.717) is 24.3 Å². The van der Waals surface area contributed by atoms with Crippen LogP contribution in [0.15, 0.2) is 23.1 Å². The van der Waals surface area contributed by atoms with Gasteiger partial charge in [-0.15, -0.1) is 0 Å². The van der Waals surface area contributed by atoms with Gasteiger partial charge in [-0.25, -0.2) is 8.42 Å². The summed E-state index contributed by atoms with van der Waals surface area (Å²) in [5.41, 5.74) is 1.16. The molecule has 2 aliphatic heterocycles. The average molecular weight is 310 g/mol. The van der Waals surface area contributed by atoms with Gasteiger partial charge in [0.2, 0.25) is 10.0 Å². The van der Waals surface area contributed by atoms with Crippen LogP contribution >= 0.6 is 0 Å². The van der Waals surface area contributed by atoms with Crippen molar-refractivity contribution in [2.45, 2.75) is 43.1 Å².